The van der Waals surface area contributed by atoms with E-state index in [1.54, 1.807) is 13.2 Å². The quantitative estimate of drug-likeness (QED) is 0.438. The van der Waals surface area contributed by atoms with E-state index in [4.69, 9.17) is 16.3 Å². The highest BCUT2D eigenvalue weighted by Crippen LogP contribution is 2.31. The molecule has 0 aliphatic carbocycles. The van der Waals surface area contributed by atoms with Crippen molar-refractivity contribution >= 4 is 29.3 Å². The fourth-order valence-corrected chi connectivity index (χ4v) is 5.00. The molecule has 4 N–H and O–H groups in total. The van der Waals surface area contributed by atoms with Gasteiger partial charge in [-0.05, 0) is 39.0 Å². The fourth-order valence-electron chi connectivity index (χ4n) is 4.11. The summed E-state index contributed by atoms with van der Waals surface area (Å²) in [7, 11) is 1.94. The van der Waals surface area contributed by atoms with Gasteiger partial charge in [-0.15, -0.1) is 23.4 Å². The molecule has 0 bridgehead atoms. The van der Waals surface area contributed by atoms with Crippen molar-refractivity contribution in [1.82, 2.24) is 10.2 Å². The van der Waals surface area contributed by atoms with E-state index >= 15 is 0 Å². The van der Waals surface area contributed by atoms with Crippen LogP contribution in [0.15, 0.2) is 0 Å². The lowest BCUT2D eigenvalue weighted by atomic mass is 9.92. The lowest BCUT2D eigenvalue weighted by Crippen LogP contribution is -2.65. The molecule has 1 amide bonds. The molecule has 0 radical (unpaired) electrons. The standard InChI is InChI=1S/C18H33ClN2O5S/c1-5-6-10-7-11(21(3)8-10)17(25)20-12(9(2)19)16-14(23)13(22)15(24)18(26-16)27-4/h9-16,18,22-24H,5-8H2,1-4H3,(H,20,25)/t9?,10-,11?,12?,13+,14-,15-,16-,18-/m1/s1. The van der Waals surface area contributed by atoms with Crippen molar-refractivity contribution in [3.05, 3.63) is 0 Å². The molecular formula is C18H33ClN2O5S. The highest BCUT2D eigenvalue weighted by atomic mass is 35.5. The van der Waals surface area contributed by atoms with E-state index in [2.05, 4.69) is 12.2 Å². The molecule has 2 heterocycles. The Morgan fingerprint density at radius 1 is 1.33 bits per heavy atom. The Bertz CT molecular complexity index is 498. The Hall–Kier alpha value is -0.0900. The van der Waals surface area contributed by atoms with Gasteiger partial charge in [0.25, 0.3) is 0 Å². The second-order valence-electron chi connectivity index (χ2n) is 7.73. The maximum atomic E-state index is 12.9. The van der Waals surface area contributed by atoms with E-state index in [0.717, 1.165) is 25.8 Å². The predicted octanol–water partition coefficient (Wildman–Crippen LogP) is 0.390. The Kier molecular flexibility index (Phi) is 8.67. The summed E-state index contributed by atoms with van der Waals surface area (Å²) in [4.78, 5) is 14.9. The zero-order valence-corrected chi connectivity index (χ0v) is 18.0. The van der Waals surface area contributed by atoms with E-state index in [-0.39, 0.29) is 11.9 Å². The Morgan fingerprint density at radius 3 is 2.56 bits per heavy atom. The summed E-state index contributed by atoms with van der Waals surface area (Å²) < 4.78 is 5.79. The number of carbonyl (C=O) groups is 1. The van der Waals surface area contributed by atoms with Gasteiger partial charge in [-0.1, -0.05) is 13.3 Å². The molecule has 158 valence electrons. The number of halogens is 1. The van der Waals surface area contributed by atoms with E-state index < -0.39 is 41.3 Å². The second-order valence-corrected chi connectivity index (χ2v) is 9.36. The molecule has 9 heteroatoms. The van der Waals surface area contributed by atoms with Crippen LogP contribution in [-0.2, 0) is 9.53 Å². The van der Waals surface area contributed by atoms with Crippen LogP contribution < -0.4 is 5.32 Å². The number of nitrogens with one attached hydrogen (secondary N) is 1. The molecule has 2 aliphatic heterocycles. The molecule has 0 aromatic heterocycles. The van der Waals surface area contributed by atoms with Gasteiger partial charge in [0.15, 0.2) is 0 Å². The van der Waals surface area contributed by atoms with Crippen LogP contribution in [0, 0.1) is 5.92 Å². The lowest BCUT2D eigenvalue weighted by molar-refractivity contribution is -0.205. The summed E-state index contributed by atoms with van der Waals surface area (Å²) >= 11 is 7.55. The van der Waals surface area contributed by atoms with Gasteiger partial charge in [0.1, 0.15) is 29.9 Å². The molecule has 2 rings (SSSR count). The zero-order chi connectivity index (χ0) is 20.3. The first-order chi connectivity index (χ1) is 12.7. The first-order valence-corrected chi connectivity index (χ1v) is 11.3. The number of likely N-dealkylation sites (N-methyl/N-ethyl adjacent to an activating group) is 1. The highest BCUT2D eigenvalue weighted by molar-refractivity contribution is 7.99. The van der Waals surface area contributed by atoms with E-state index in [9.17, 15) is 20.1 Å². The van der Waals surface area contributed by atoms with Crippen molar-refractivity contribution in [2.24, 2.45) is 5.92 Å². The summed E-state index contributed by atoms with van der Waals surface area (Å²) in [6.45, 7) is 4.74. The summed E-state index contributed by atoms with van der Waals surface area (Å²) in [6, 6.07) is -0.934. The number of aliphatic hydroxyl groups is 3. The van der Waals surface area contributed by atoms with Crippen molar-refractivity contribution < 1.29 is 24.9 Å². The van der Waals surface area contributed by atoms with Crippen LogP contribution in [0.2, 0.25) is 0 Å². The Morgan fingerprint density at radius 2 is 2.00 bits per heavy atom. The number of carbonyl (C=O) groups excluding carboxylic acids is 1. The monoisotopic (exact) mass is 424 g/mol. The molecule has 2 fully saturated rings. The SMILES string of the molecule is CCC[C@@H]1CC(C(=O)NC(C(C)Cl)[C@H]2O[C@H](SC)[C@H](O)[C@@H](O)[C@H]2O)N(C)C1. The minimum atomic E-state index is -1.36. The van der Waals surface area contributed by atoms with Gasteiger partial charge in [0.2, 0.25) is 5.91 Å². The molecule has 27 heavy (non-hydrogen) atoms. The van der Waals surface area contributed by atoms with Gasteiger partial charge >= 0.3 is 0 Å². The second kappa shape index (κ2) is 10.1. The van der Waals surface area contributed by atoms with Crippen LogP contribution in [0.1, 0.15) is 33.1 Å². The fraction of sp³-hybridized carbons (Fsp3) is 0.944. The van der Waals surface area contributed by atoms with Crippen LogP contribution in [-0.4, -0.2) is 93.3 Å². The molecule has 9 atom stereocenters. The number of hydrogen-bond donors (Lipinski definition) is 4. The molecule has 0 aromatic rings. The lowest BCUT2D eigenvalue weighted by Gasteiger charge is -2.44. The topological polar surface area (TPSA) is 102 Å². The number of aliphatic hydroxyl groups excluding tert-OH is 3. The first-order valence-electron chi connectivity index (χ1n) is 9.58. The minimum absolute atomic E-state index is 0.147. The minimum Gasteiger partial charge on any atom is -0.388 e. The molecule has 2 saturated heterocycles. The summed E-state index contributed by atoms with van der Waals surface area (Å²) in [5, 5.41) is 33.0. The third-order valence-corrected chi connectivity index (χ3v) is 6.76. The number of nitrogens with zero attached hydrogens (tertiary/aromatic N) is 1. The van der Waals surface area contributed by atoms with Crippen LogP contribution in [0.4, 0.5) is 0 Å². The largest absolute Gasteiger partial charge is 0.388 e. The Balaban J connectivity index is 2.09. The smallest absolute Gasteiger partial charge is 0.237 e. The van der Waals surface area contributed by atoms with Crippen LogP contribution >= 0.6 is 23.4 Å². The van der Waals surface area contributed by atoms with Crippen molar-refractivity contribution in [3.63, 3.8) is 0 Å². The van der Waals surface area contributed by atoms with Crippen molar-refractivity contribution in [3.8, 4) is 0 Å². The summed E-state index contributed by atoms with van der Waals surface area (Å²) in [5.74, 6) is 0.350. The van der Waals surface area contributed by atoms with Gasteiger partial charge in [0, 0.05) is 6.54 Å². The van der Waals surface area contributed by atoms with Crippen molar-refractivity contribution in [2.75, 3.05) is 19.8 Å². The predicted molar refractivity (Wildman–Crippen MR) is 107 cm³/mol. The van der Waals surface area contributed by atoms with Gasteiger partial charge in [-0.3, -0.25) is 9.69 Å². The third-order valence-electron chi connectivity index (χ3n) is 5.63. The van der Waals surface area contributed by atoms with Gasteiger partial charge in [-0.2, -0.15) is 0 Å². The van der Waals surface area contributed by atoms with E-state index in [0.29, 0.717) is 5.92 Å². The average molecular weight is 425 g/mol. The number of thioether (sulfide) groups is 1. The number of rotatable bonds is 7. The average Bonchev–Trinajstić information content (AvgIpc) is 2.99. The van der Waals surface area contributed by atoms with Crippen LogP contribution in [0.25, 0.3) is 0 Å². The van der Waals surface area contributed by atoms with E-state index in [1.165, 1.54) is 11.8 Å². The summed E-state index contributed by atoms with van der Waals surface area (Å²) in [6.07, 6.45) is -0.0980. The van der Waals surface area contributed by atoms with Crippen molar-refractivity contribution in [1.29, 1.82) is 0 Å². The maximum absolute atomic E-state index is 12.9. The first kappa shape index (κ1) is 23.2. The molecule has 0 spiro atoms. The number of hydrogen-bond acceptors (Lipinski definition) is 7. The molecule has 7 nitrogen and oxygen atoms in total. The summed E-state index contributed by atoms with van der Waals surface area (Å²) in [5.41, 5.74) is -0.702. The number of ether oxygens (including phenoxy) is 1. The zero-order valence-electron chi connectivity index (χ0n) is 16.4. The maximum Gasteiger partial charge on any atom is 0.237 e. The molecule has 2 aliphatic rings. The molecular weight excluding hydrogens is 392 g/mol. The van der Waals surface area contributed by atoms with Crippen LogP contribution in [0.5, 0.6) is 0 Å². The highest BCUT2D eigenvalue weighted by Gasteiger charge is 2.48. The number of likely N-dealkylation sites (tertiary alicyclic amines) is 1. The normalized spacial score (nSPS) is 39.9. The Labute approximate surface area is 170 Å². The van der Waals surface area contributed by atoms with Gasteiger partial charge in [-0.25, -0.2) is 0 Å². The molecule has 3 unspecified atom stereocenters. The molecule has 0 aromatic carbocycles. The van der Waals surface area contributed by atoms with Crippen LogP contribution in [0.3, 0.4) is 0 Å². The molecule has 0 saturated carbocycles. The number of amides is 1. The van der Waals surface area contributed by atoms with Gasteiger partial charge < -0.3 is 25.4 Å². The van der Waals surface area contributed by atoms with Crippen molar-refractivity contribution in [2.45, 2.75) is 80.4 Å². The number of alkyl halides is 1. The van der Waals surface area contributed by atoms with E-state index in [1.807, 2.05) is 11.9 Å². The third kappa shape index (κ3) is 5.29. The van der Waals surface area contributed by atoms with Gasteiger partial charge in [0.05, 0.1) is 17.5 Å².